The molecule has 0 fully saturated rings. The lowest BCUT2D eigenvalue weighted by atomic mass is 10.1. The number of pyridine rings is 1. The van der Waals surface area contributed by atoms with Crippen molar-refractivity contribution in [3.63, 3.8) is 0 Å². The number of amides is 1. The van der Waals surface area contributed by atoms with E-state index in [1.54, 1.807) is 57.8 Å². The predicted octanol–water partition coefficient (Wildman–Crippen LogP) is 2.03. The summed E-state index contributed by atoms with van der Waals surface area (Å²) in [6.45, 7) is 0.256. The molecular formula is C19H21N3O5S. The van der Waals surface area contributed by atoms with E-state index in [0.29, 0.717) is 17.0 Å². The number of benzene rings is 1. The molecule has 1 amide bonds. The minimum Gasteiger partial charge on any atom is -0.497 e. The average Bonchev–Trinajstić information content (AvgIpc) is 3.07. The largest absolute Gasteiger partial charge is 0.497 e. The topological polar surface area (TPSA) is 90.2 Å². The molecule has 148 valence electrons. The second-order valence-electron chi connectivity index (χ2n) is 6.31. The first-order valence-corrected chi connectivity index (χ1v) is 10.3. The van der Waals surface area contributed by atoms with E-state index in [2.05, 4.69) is 4.98 Å². The highest BCUT2D eigenvalue weighted by atomic mass is 32.2. The molecule has 0 atom stereocenters. The summed E-state index contributed by atoms with van der Waals surface area (Å²) in [6, 6.07) is 10.4. The van der Waals surface area contributed by atoms with Crippen LogP contribution in [0.4, 0.5) is 0 Å². The molecule has 0 saturated heterocycles. The molecule has 0 aliphatic carbocycles. The van der Waals surface area contributed by atoms with Crippen LogP contribution >= 0.6 is 0 Å². The fourth-order valence-electron chi connectivity index (χ4n) is 2.92. The van der Waals surface area contributed by atoms with Gasteiger partial charge in [0.25, 0.3) is 5.91 Å². The number of rotatable bonds is 6. The zero-order valence-corrected chi connectivity index (χ0v) is 16.9. The van der Waals surface area contributed by atoms with E-state index in [1.165, 1.54) is 9.30 Å². The normalized spacial score (nSPS) is 11.4. The summed E-state index contributed by atoms with van der Waals surface area (Å²) in [5.41, 5.74) is 1.29. The van der Waals surface area contributed by atoms with Crippen molar-refractivity contribution in [3.05, 3.63) is 53.9 Å². The van der Waals surface area contributed by atoms with Crippen LogP contribution in [0.5, 0.6) is 11.5 Å². The number of hydrogen-bond donors (Lipinski definition) is 0. The number of imidazole rings is 1. The third kappa shape index (κ3) is 3.65. The number of aromatic nitrogens is 2. The molecule has 0 aliphatic heterocycles. The summed E-state index contributed by atoms with van der Waals surface area (Å²) >= 11 is 0. The zero-order valence-electron chi connectivity index (χ0n) is 16.0. The van der Waals surface area contributed by atoms with Crippen LogP contribution in [0.1, 0.15) is 16.1 Å². The Morgan fingerprint density at radius 2 is 1.93 bits per heavy atom. The van der Waals surface area contributed by atoms with E-state index >= 15 is 0 Å². The SMILES string of the molecule is COc1ccc(CN(C)C(=O)c2nc(S(C)(=O)=O)n3ccccc23)c(OC)c1. The Balaban J connectivity index is 1.97. The summed E-state index contributed by atoms with van der Waals surface area (Å²) < 4.78 is 36.1. The first kappa shape index (κ1) is 19.7. The molecule has 1 aromatic carbocycles. The Kier molecular flexibility index (Phi) is 5.28. The van der Waals surface area contributed by atoms with Gasteiger partial charge in [0.05, 0.1) is 19.7 Å². The van der Waals surface area contributed by atoms with Crippen LogP contribution in [-0.4, -0.2) is 56.1 Å². The van der Waals surface area contributed by atoms with Crippen LogP contribution in [0.25, 0.3) is 5.52 Å². The lowest BCUT2D eigenvalue weighted by Crippen LogP contribution is -2.27. The van der Waals surface area contributed by atoms with Gasteiger partial charge in [0, 0.05) is 37.7 Å². The fraction of sp³-hybridized carbons (Fsp3) is 0.263. The minimum absolute atomic E-state index is 0.0796. The van der Waals surface area contributed by atoms with Crippen molar-refractivity contribution in [3.8, 4) is 11.5 Å². The van der Waals surface area contributed by atoms with E-state index in [4.69, 9.17) is 9.47 Å². The Bertz CT molecular complexity index is 1140. The molecule has 0 N–H and O–H groups in total. The average molecular weight is 403 g/mol. The Labute approximate surface area is 163 Å². The highest BCUT2D eigenvalue weighted by molar-refractivity contribution is 7.90. The van der Waals surface area contributed by atoms with Gasteiger partial charge in [-0.05, 0) is 24.3 Å². The first-order valence-electron chi connectivity index (χ1n) is 8.39. The van der Waals surface area contributed by atoms with E-state index < -0.39 is 15.7 Å². The summed E-state index contributed by atoms with van der Waals surface area (Å²) in [5.74, 6) is 0.842. The van der Waals surface area contributed by atoms with Gasteiger partial charge in [0.15, 0.2) is 5.69 Å². The van der Waals surface area contributed by atoms with E-state index in [9.17, 15) is 13.2 Å². The predicted molar refractivity (Wildman–Crippen MR) is 104 cm³/mol. The Morgan fingerprint density at radius 3 is 2.57 bits per heavy atom. The standard InChI is InChI=1S/C19H21N3O5S/c1-21(12-13-8-9-14(26-2)11-16(13)27-3)18(23)17-15-7-5-6-10-22(15)19(20-17)28(4,24)25/h5-11H,12H2,1-4H3. The number of carbonyl (C=O) groups excluding carboxylic acids is 1. The van der Waals surface area contributed by atoms with Gasteiger partial charge in [0.2, 0.25) is 15.0 Å². The lowest BCUT2D eigenvalue weighted by molar-refractivity contribution is 0.0780. The van der Waals surface area contributed by atoms with Crippen molar-refractivity contribution in [1.29, 1.82) is 0 Å². The molecule has 3 rings (SSSR count). The van der Waals surface area contributed by atoms with Crippen molar-refractivity contribution < 1.29 is 22.7 Å². The second-order valence-corrected chi connectivity index (χ2v) is 8.22. The summed E-state index contributed by atoms with van der Waals surface area (Å²) in [7, 11) is 1.13. The quantitative estimate of drug-likeness (QED) is 0.626. The van der Waals surface area contributed by atoms with Crippen LogP contribution in [0, 0.1) is 0 Å². The molecule has 2 heterocycles. The molecule has 0 radical (unpaired) electrons. The lowest BCUT2D eigenvalue weighted by Gasteiger charge is -2.18. The van der Waals surface area contributed by atoms with Gasteiger partial charge < -0.3 is 14.4 Å². The van der Waals surface area contributed by atoms with E-state index in [0.717, 1.165) is 11.8 Å². The molecule has 0 spiro atoms. The smallest absolute Gasteiger partial charge is 0.274 e. The molecular weight excluding hydrogens is 382 g/mol. The van der Waals surface area contributed by atoms with E-state index in [1.807, 2.05) is 6.07 Å². The Hall–Kier alpha value is -3.07. The fourth-order valence-corrected chi connectivity index (χ4v) is 3.69. The van der Waals surface area contributed by atoms with Crippen LogP contribution < -0.4 is 9.47 Å². The molecule has 9 heteroatoms. The maximum absolute atomic E-state index is 13.0. The Morgan fingerprint density at radius 1 is 1.18 bits per heavy atom. The number of sulfone groups is 1. The number of fused-ring (bicyclic) bond motifs is 1. The van der Waals surface area contributed by atoms with Crippen LogP contribution in [-0.2, 0) is 16.4 Å². The molecule has 8 nitrogen and oxygen atoms in total. The summed E-state index contributed by atoms with van der Waals surface area (Å²) in [6.07, 6.45) is 2.64. The molecule has 28 heavy (non-hydrogen) atoms. The molecule has 0 aliphatic rings. The number of carbonyl (C=O) groups is 1. The molecule has 0 unspecified atom stereocenters. The van der Waals surface area contributed by atoms with Crippen LogP contribution in [0.2, 0.25) is 0 Å². The summed E-state index contributed by atoms with van der Waals surface area (Å²) in [4.78, 5) is 18.6. The zero-order chi connectivity index (χ0) is 20.5. The number of methoxy groups -OCH3 is 2. The van der Waals surface area contributed by atoms with Crippen molar-refractivity contribution in [2.24, 2.45) is 0 Å². The van der Waals surface area contributed by atoms with E-state index in [-0.39, 0.29) is 17.4 Å². The molecule has 3 aromatic rings. The number of ether oxygens (including phenoxy) is 2. The van der Waals surface area contributed by atoms with Gasteiger partial charge in [-0.15, -0.1) is 0 Å². The number of nitrogens with zero attached hydrogens (tertiary/aromatic N) is 3. The van der Waals surface area contributed by atoms with Crippen molar-refractivity contribution in [2.75, 3.05) is 27.5 Å². The van der Waals surface area contributed by atoms with Gasteiger partial charge in [-0.2, -0.15) is 0 Å². The van der Waals surface area contributed by atoms with Gasteiger partial charge in [-0.25, -0.2) is 13.4 Å². The molecule has 0 saturated carbocycles. The third-order valence-corrected chi connectivity index (χ3v) is 5.25. The molecule has 0 bridgehead atoms. The highest BCUT2D eigenvalue weighted by Gasteiger charge is 2.25. The molecule has 2 aromatic heterocycles. The van der Waals surface area contributed by atoms with Gasteiger partial charge in [-0.3, -0.25) is 9.20 Å². The van der Waals surface area contributed by atoms with Crippen molar-refractivity contribution in [1.82, 2.24) is 14.3 Å². The van der Waals surface area contributed by atoms with Crippen molar-refractivity contribution >= 4 is 21.3 Å². The maximum atomic E-state index is 13.0. The monoisotopic (exact) mass is 403 g/mol. The second kappa shape index (κ2) is 7.51. The van der Waals surface area contributed by atoms with Gasteiger partial charge in [-0.1, -0.05) is 6.07 Å². The number of hydrogen-bond acceptors (Lipinski definition) is 6. The van der Waals surface area contributed by atoms with Gasteiger partial charge >= 0.3 is 0 Å². The maximum Gasteiger partial charge on any atom is 0.274 e. The summed E-state index contributed by atoms with van der Waals surface area (Å²) in [5, 5.41) is -0.165. The third-order valence-electron chi connectivity index (χ3n) is 4.30. The van der Waals surface area contributed by atoms with Gasteiger partial charge in [0.1, 0.15) is 11.5 Å². The van der Waals surface area contributed by atoms with Crippen LogP contribution in [0.15, 0.2) is 47.8 Å². The first-order chi connectivity index (χ1) is 13.3. The van der Waals surface area contributed by atoms with Crippen molar-refractivity contribution in [2.45, 2.75) is 11.7 Å². The minimum atomic E-state index is -3.60. The van der Waals surface area contributed by atoms with Crippen LogP contribution in [0.3, 0.4) is 0 Å². The highest BCUT2D eigenvalue weighted by Crippen LogP contribution is 2.26.